The lowest BCUT2D eigenvalue weighted by Gasteiger charge is -2.11. The quantitative estimate of drug-likeness (QED) is 0.197. The molecule has 1 fully saturated rings. The highest BCUT2D eigenvalue weighted by molar-refractivity contribution is 9.10. The van der Waals surface area contributed by atoms with Gasteiger partial charge in [-0.2, -0.15) is 0 Å². The van der Waals surface area contributed by atoms with E-state index in [-0.39, 0.29) is 36.2 Å². The number of rotatable bonds is 8. The first-order valence-corrected chi connectivity index (χ1v) is 13.4. The van der Waals surface area contributed by atoms with Crippen molar-refractivity contribution in [2.24, 2.45) is 0 Å². The lowest BCUT2D eigenvalue weighted by atomic mass is 10.1. The van der Waals surface area contributed by atoms with E-state index in [1.807, 2.05) is 18.2 Å². The Morgan fingerprint density at radius 2 is 1.87 bits per heavy atom. The normalized spacial score (nSPS) is 14.6. The Kier molecular flexibility index (Phi) is 7.55. The largest absolute Gasteiger partial charge is 0.467 e. The van der Waals surface area contributed by atoms with Gasteiger partial charge in [0.1, 0.15) is 12.3 Å². The summed E-state index contributed by atoms with van der Waals surface area (Å²) in [7, 11) is 0. The van der Waals surface area contributed by atoms with Crippen molar-refractivity contribution >= 4 is 79.1 Å². The number of imide groups is 1. The van der Waals surface area contributed by atoms with Crippen molar-refractivity contribution in [3.8, 4) is 0 Å². The number of carbonyl (C=O) groups excluding carboxylic acids is 4. The smallest absolute Gasteiger partial charge is 0.293 e. The Morgan fingerprint density at radius 1 is 1.08 bits per heavy atom. The lowest BCUT2D eigenvalue weighted by molar-refractivity contribution is -0.123. The van der Waals surface area contributed by atoms with E-state index in [1.54, 1.807) is 59.5 Å². The van der Waals surface area contributed by atoms with Crippen molar-refractivity contribution < 1.29 is 23.6 Å². The summed E-state index contributed by atoms with van der Waals surface area (Å²) < 4.78 is 7.85. The first-order valence-electron chi connectivity index (χ1n) is 11.4. The van der Waals surface area contributed by atoms with Gasteiger partial charge in [0.15, 0.2) is 5.78 Å². The molecule has 1 aliphatic heterocycles. The van der Waals surface area contributed by atoms with Gasteiger partial charge in [-0.15, -0.1) is 0 Å². The molecule has 2 aromatic heterocycles. The number of benzene rings is 2. The van der Waals surface area contributed by atoms with Crippen molar-refractivity contribution in [3.05, 3.63) is 98.3 Å². The first kappa shape index (κ1) is 26.0. The van der Waals surface area contributed by atoms with Gasteiger partial charge < -0.3 is 14.3 Å². The SMILES string of the molecule is O=C(Cn1cc(/C=C2\SC(=O)N(CC(=O)c3ccc(Cl)cc3)C2=O)c2cc(Br)ccc21)NCc1ccco1. The van der Waals surface area contributed by atoms with Crippen LogP contribution in [0.25, 0.3) is 17.0 Å². The molecule has 0 aliphatic carbocycles. The minimum atomic E-state index is -0.547. The van der Waals surface area contributed by atoms with Crippen LogP contribution in [0.4, 0.5) is 4.79 Å². The number of thioether (sulfide) groups is 1. The highest BCUT2D eigenvalue weighted by atomic mass is 79.9. The minimum absolute atomic E-state index is 0.0454. The van der Waals surface area contributed by atoms with Crippen LogP contribution in [0.15, 0.2) is 80.9 Å². The van der Waals surface area contributed by atoms with Gasteiger partial charge in [-0.1, -0.05) is 27.5 Å². The molecule has 0 radical (unpaired) electrons. The first-order chi connectivity index (χ1) is 18.3. The number of carbonyl (C=O) groups is 4. The number of halogens is 2. The van der Waals surface area contributed by atoms with E-state index in [4.69, 9.17) is 16.0 Å². The molecule has 0 saturated carbocycles. The second-order valence-corrected chi connectivity index (χ2v) is 10.8. The van der Waals surface area contributed by atoms with E-state index < -0.39 is 11.1 Å². The molecule has 1 saturated heterocycles. The van der Waals surface area contributed by atoms with Crippen LogP contribution in [-0.4, -0.2) is 38.8 Å². The summed E-state index contributed by atoms with van der Waals surface area (Å²) in [5.74, 6) is -0.486. The third kappa shape index (κ3) is 5.62. The Labute approximate surface area is 234 Å². The number of hydrogen-bond acceptors (Lipinski definition) is 6. The summed E-state index contributed by atoms with van der Waals surface area (Å²) >= 11 is 10.1. The highest BCUT2D eigenvalue weighted by Crippen LogP contribution is 2.35. The number of Topliss-reactive ketones (excluding diaryl/α,β-unsaturated/α-hetero) is 1. The summed E-state index contributed by atoms with van der Waals surface area (Å²) in [5, 5.41) is 3.57. The van der Waals surface area contributed by atoms with Crippen molar-refractivity contribution in [2.75, 3.05) is 6.54 Å². The topological polar surface area (TPSA) is 102 Å². The molecular weight excluding hydrogens is 594 g/mol. The fourth-order valence-corrected chi connectivity index (χ4v) is 5.32. The molecule has 3 heterocycles. The Hall–Kier alpha value is -3.60. The molecule has 5 rings (SSSR count). The summed E-state index contributed by atoms with van der Waals surface area (Å²) in [6.45, 7) is -0.0537. The van der Waals surface area contributed by atoms with E-state index in [2.05, 4.69) is 21.2 Å². The van der Waals surface area contributed by atoms with E-state index in [9.17, 15) is 19.2 Å². The maximum absolute atomic E-state index is 13.1. The maximum atomic E-state index is 13.1. The number of aromatic nitrogens is 1. The summed E-state index contributed by atoms with van der Waals surface area (Å²) in [6.07, 6.45) is 4.92. The van der Waals surface area contributed by atoms with E-state index >= 15 is 0 Å². The third-order valence-corrected chi connectivity index (χ3v) is 7.51. The van der Waals surface area contributed by atoms with Crippen LogP contribution < -0.4 is 5.32 Å². The summed E-state index contributed by atoms with van der Waals surface area (Å²) in [4.78, 5) is 52.1. The molecule has 192 valence electrons. The predicted octanol–water partition coefficient (Wildman–Crippen LogP) is 5.89. The van der Waals surface area contributed by atoms with Crippen LogP contribution in [0.1, 0.15) is 21.7 Å². The minimum Gasteiger partial charge on any atom is -0.467 e. The van der Waals surface area contributed by atoms with Gasteiger partial charge in [0.25, 0.3) is 11.1 Å². The molecule has 38 heavy (non-hydrogen) atoms. The van der Waals surface area contributed by atoms with Gasteiger partial charge in [0.05, 0.1) is 24.3 Å². The van der Waals surface area contributed by atoms with Crippen LogP contribution in [-0.2, 0) is 22.7 Å². The second-order valence-electron chi connectivity index (χ2n) is 8.43. The molecule has 1 aliphatic rings. The van der Waals surface area contributed by atoms with Crippen LogP contribution in [0.3, 0.4) is 0 Å². The molecule has 0 spiro atoms. The van der Waals surface area contributed by atoms with Crippen molar-refractivity contribution in [1.29, 1.82) is 0 Å². The van der Waals surface area contributed by atoms with Crippen molar-refractivity contribution in [2.45, 2.75) is 13.1 Å². The van der Waals surface area contributed by atoms with Crippen LogP contribution in [0.2, 0.25) is 5.02 Å². The Bertz CT molecular complexity index is 1590. The van der Waals surface area contributed by atoms with E-state index in [1.165, 1.54) is 0 Å². The van der Waals surface area contributed by atoms with Gasteiger partial charge in [-0.05, 0) is 72.4 Å². The van der Waals surface area contributed by atoms with Gasteiger partial charge in [0.2, 0.25) is 5.91 Å². The average molecular weight is 613 g/mol. The molecule has 2 aromatic carbocycles. The number of ketones is 1. The van der Waals surface area contributed by atoms with Crippen LogP contribution in [0.5, 0.6) is 0 Å². The van der Waals surface area contributed by atoms with Gasteiger partial charge in [-0.3, -0.25) is 24.1 Å². The van der Waals surface area contributed by atoms with Crippen LogP contribution in [0, 0.1) is 0 Å². The number of furan rings is 1. The molecule has 11 heteroatoms. The van der Waals surface area contributed by atoms with Crippen molar-refractivity contribution in [3.63, 3.8) is 0 Å². The molecular formula is C27H19BrClN3O5S. The fraction of sp³-hybridized carbons (Fsp3) is 0.111. The Balaban J connectivity index is 1.37. The molecule has 4 aromatic rings. The number of fused-ring (bicyclic) bond motifs is 1. The van der Waals surface area contributed by atoms with E-state index in [0.717, 1.165) is 32.0 Å². The van der Waals surface area contributed by atoms with Crippen molar-refractivity contribution in [1.82, 2.24) is 14.8 Å². The number of nitrogens with zero attached hydrogens (tertiary/aromatic N) is 2. The zero-order valence-corrected chi connectivity index (χ0v) is 22.8. The number of amides is 3. The average Bonchev–Trinajstić information content (AvgIpc) is 3.59. The zero-order chi connectivity index (χ0) is 26.8. The molecule has 3 amide bonds. The van der Waals surface area contributed by atoms with Gasteiger partial charge in [-0.25, -0.2) is 0 Å². The zero-order valence-electron chi connectivity index (χ0n) is 19.6. The molecule has 0 atom stereocenters. The van der Waals surface area contributed by atoms with Crippen LogP contribution >= 0.6 is 39.3 Å². The highest BCUT2D eigenvalue weighted by Gasteiger charge is 2.36. The van der Waals surface area contributed by atoms with E-state index in [0.29, 0.717) is 21.9 Å². The molecule has 8 nitrogen and oxygen atoms in total. The molecule has 0 unspecified atom stereocenters. The van der Waals surface area contributed by atoms with Gasteiger partial charge in [0, 0.05) is 37.7 Å². The maximum Gasteiger partial charge on any atom is 0.293 e. The van der Waals surface area contributed by atoms with Gasteiger partial charge >= 0.3 is 0 Å². The standard InChI is InChI=1S/C27H19BrClN3O5S/c28-18-5-8-22-21(11-18)17(13-31(22)15-25(34)30-12-20-2-1-9-37-20)10-24-26(35)32(27(36)38-24)14-23(33)16-3-6-19(29)7-4-16/h1-11,13H,12,14-15H2,(H,30,34)/b24-10-. The number of hydrogen-bond donors (Lipinski definition) is 1. The lowest BCUT2D eigenvalue weighted by Crippen LogP contribution is -2.33. The molecule has 1 N–H and O–H groups in total. The monoisotopic (exact) mass is 611 g/mol. The fourth-order valence-electron chi connectivity index (χ4n) is 4.00. The third-order valence-electron chi connectivity index (χ3n) is 5.86. The summed E-state index contributed by atoms with van der Waals surface area (Å²) in [5.41, 5.74) is 1.80. The molecule has 0 bridgehead atoms. The Morgan fingerprint density at radius 3 is 2.61 bits per heavy atom. The number of nitrogens with one attached hydrogen (secondary N) is 1. The summed E-state index contributed by atoms with van der Waals surface area (Å²) in [6, 6.07) is 15.4. The second kappa shape index (κ2) is 11.0. The predicted molar refractivity (Wildman–Crippen MR) is 149 cm³/mol.